The number of nitrogens with one attached hydrogen (secondary N) is 2. The predicted molar refractivity (Wildman–Crippen MR) is 174 cm³/mol. The third kappa shape index (κ3) is 8.27. The molecule has 2 bridgehead atoms. The lowest BCUT2D eigenvalue weighted by molar-refractivity contribution is -0.192. The third-order valence-electron chi connectivity index (χ3n) is 7.65. The van der Waals surface area contributed by atoms with Crippen LogP contribution in [0.1, 0.15) is 37.9 Å². The van der Waals surface area contributed by atoms with E-state index in [1.54, 1.807) is 58.7 Å². The van der Waals surface area contributed by atoms with Crippen molar-refractivity contribution in [2.24, 2.45) is 13.0 Å². The van der Waals surface area contributed by atoms with Gasteiger partial charge in [0.25, 0.3) is 5.56 Å². The highest BCUT2D eigenvalue weighted by Crippen LogP contribution is 2.34. The molecule has 5 aromatic rings. The number of rotatable bonds is 4. The average molecular weight is 696 g/mol. The number of pyridine rings is 1. The Kier molecular flexibility index (Phi) is 10.4. The molecule has 0 saturated carbocycles. The minimum Gasteiger partial charge on any atom is -0.475 e. The fourth-order valence-electron chi connectivity index (χ4n) is 5.21. The maximum Gasteiger partial charge on any atom is 0.490 e. The maximum atomic E-state index is 13.7. The first-order valence-corrected chi connectivity index (χ1v) is 15.2. The van der Waals surface area contributed by atoms with Gasteiger partial charge in [-0.15, -0.1) is 0 Å². The van der Waals surface area contributed by atoms with Gasteiger partial charge in [-0.25, -0.2) is 14.8 Å². The number of carboxylic acid groups (broad SMARTS) is 1. The second kappa shape index (κ2) is 14.6. The van der Waals surface area contributed by atoms with Gasteiger partial charge in [0.05, 0.1) is 47.5 Å². The highest BCUT2D eigenvalue weighted by atomic mass is 35.5. The molecule has 4 aromatic heterocycles. The monoisotopic (exact) mass is 695 g/mol. The van der Waals surface area contributed by atoms with Crippen LogP contribution in [0.5, 0.6) is 0 Å². The summed E-state index contributed by atoms with van der Waals surface area (Å²) in [6.45, 7) is 1.91. The molecule has 1 amide bonds. The lowest BCUT2D eigenvalue weighted by Gasteiger charge is -2.22. The molecular weight excluding hydrogens is 667 g/mol. The number of alkyl halides is 3. The number of aromatic nitrogens is 7. The van der Waals surface area contributed by atoms with Gasteiger partial charge < -0.3 is 15.7 Å². The van der Waals surface area contributed by atoms with Gasteiger partial charge in [-0.05, 0) is 43.2 Å². The van der Waals surface area contributed by atoms with Crippen molar-refractivity contribution in [1.82, 2.24) is 34.3 Å². The molecule has 0 spiro atoms. The van der Waals surface area contributed by atoms with Gasteiger partial charge in [0.2, 0.25) is 5.91 Å². The van der Waals surface area contributed by atoms with E-state index in [1.165, 1.54) is 6.07 Å². The Hall–Kier alpha value is -5.64. The van der Waals surface area contributed by atoms with Crippen LogP contribution < -0.4 is 16.2 Å². The Labute approximate surface area is 281 Å². The van der Waals surface area contributed by atoms with Crippen molar-refractivity contribution in [3.63, 3.8) is 0 Å². The van der Waals surface area contributed by atoms with Gasteiger partial charge in [0.1, 0.15) is 5.82 Å². The first-order chi connectivity index (χ1) is 23.3. The van der Waals surface area contributed by atoms with Crippen molar-refractivity contribution in [3.05, 3.63) is 94.8 Å². The van der Waals surface area contributed by atoms with Crippen molar-refractivity contribution in [3.8, 4) is 22.5 Å². The van der Waals surface area contributed by atoms with E-state index in [1.807, 2.05) is 32.2 Å². The minimum absolute atomic E-state index is 0.0636. The summed E-state index contributed by atoms with van der Waals surface area (Å²) in [6, 6.07) is 10.3. The minimum atomic E-state index is -5.08. The lowest BCUT2D eigenvalue weighted by Crippen LogP contribution is -2.27. The molecule has 2 atom stereocenters. The van der Waals surface area contributed by atoms with Crippen LogP contribution in [0.4, 0.5) is 30.4 Å². The van der Waals surface area contributed by atoms with Crippen molar-refractivity contribution in [2.45, 2.75) is 38.4 Å². The zero-order valence-electron chi connectivity index (χ0n) is 26.0. The van der Waals surface area contributed by atoms with E-state index in [2.05, 4.69) is 35.7 Å². The number of hydrogen-bond acceptors (Lipinski definition) is 9. The predicted octanol–water partition coefficient (Wildman–Crippen LogP) is 5.87. The number of halogens is 4. The van der Waals surface area contributed by atoms with Gasteiger partial charge in [0.15, 0.2) is 0 Å². The summed E-state index contributed by atoms with van der Waals surface area (Å²) in [7, 11) is 1.83. The number of carboxylic acids is 1. The molecule has 13 nitrogen and oxygen atoms in total. The second-order valence-corrected chi connectivity index (χ2v) is 11.5. The number of fused-ring (bicyclic) bond motifs is 4. The first-order valence-electron chi connectivity index (χ1n) is 14.8. The fraction of sp³-hybridized carbons (Fsp3) is 0.250. The van der Waals surface area contributed by atoms with E-state index in [4.69, 9.17) is 21.5 Å². The zero-order chi connectivity index (χ0) is 35.3. The van der Waals surface area contributed by atoms with Crippen LogP contribution in [-0.4, -0.2) is 57.4 Å². The SMILES string of the molecule is C[C@@H]1CCC[C@H](n2cnc(-c3cc(Cl)ccc3Nc3cnccn3)cc2=O)c2cc(ccn2)-c2c(cnn2C)NC1=O.O=C(O)C(F)(F)F. The number of benzene rings is 1. The number of carbonyl (C=O) groups excluding carboxylic acids is 1. The number of hydrogen-bond donors (Lipinski definition) is 3. The summed E-state index contributed by atoms with van der Waals surface area (Å²) in [5.41, 5.74) is 4.53. The Balaban J connectivity index is 0.000000606. The molecule has 3 N–H and O–H groups in total. The van der Waals surface area contributed by atoms with Crippen molar-refractivity contribution < 1.29 is 27.9 Å². The van der Waals surface area contributed by atoms with E-state index in [9.17, 15) is 22.8 Å². The van der Waals surface area contributed by atoms with Crippen LogP contribution in [0.2, 0.25) is 5.02 Å². The number of carbonyl (C=O) groups is 2. The standard InChI is InChI=1S/C30H28ClN9O2.C2HF3O2/c1-18-4-3-5-26(24-12-19(8-9-33-24)29-25(38-30(18)42)15-36-39(29)2)40-17-35-23(14-28(40)41)21-13-20(31)6-7-22(21)37-27-16-32-10-11-34-27;3-2(4,5)1(6)7/h6-18,26H,3-5H2,1-2H3,(H,34,37)(H,38,42);(H,6,7)/t18-,26+;/m1./s1. The van der Waals surface area contributed by atoms with Crippen LogP contribution >= 0.6 is 11.6 Å². The van der Waals surface area contributed by atoms with Crippen LogP contribution in [0, 0.1) is 5.92 Å². The summed E-state index contributed by atoms with van der Waals surface area (Å²) < 4.78 is 35.1. The molecule has 0 unspecified atom stereocenters. The number of nitrogens with zero attached hydrogens (tertiary/aromatic N) is 7. The molecule has 0 fully saturated rings. The van der Waals surface area contributed by atoms with E-state index >= 15 is 0 Å². The maximum absolute atomic E-state index is 13.7. The molecule has 1 aliphatic heterocycles. The molecule has 6 rings (SSSR count). The second-order valence-electron chi connectivity index (χ2n) is 11.1. The zero-order valence-corrected chi connectivity index (χ0v) is 26.8. The summed E-state index contributed by atoms with van der Waals surface area (Å²) >= 11 is 6.34. The summed E-state index contributed by atoms with van der Waals surface area (Å²) in [5, 5.41) is 18.3. The summed E-state index contributed by atoms with van der Waals surface area (Å²) in [6.07, 6.45) is 6.59. The quantitative estimate of drug-likeness (QED) is 0.207. The molecule has 254 valence electrons. The number of aryl methyl sites for hydroxylation is 1. The van der Waals surface area contributed by atoms with Crippen LogP contribution in [0.25, 0.3) is 22.5 Å². The molecule has 17 heteroatoms. The normalized spacial score (nSPS) is 16.2. The molecule has 1 aromatic carbocycles. The average Bonchev–Trinajstić information content (AvgIpc) is 3.43. The highest BCUT2D eigenvalue weighted by molar-refractivity contribution is 6.31. The van der Waals surface area contributed by atoms with E-state index in [0.717, 1.165) is 17.0 Å². The van der Waals surface area contributed by atoms with Crippen LogP contribution in [-0.2, 0) is 16.6 Å². The number of amides is 1. The Morgan fingerprint density at radius 3 is 2.51 bits per heavy atom. The molecular formula is C32H29ClF3N9O4. The molecule has 0 aliphatic carbocycles. The van der Waals surface area contributed by atoms with Gasteiger partial charge in [-0.1, -0.05) is 24.9 Å². The van der Waals surface area contributed by atoms with Crippen molar-refractivity contribution in [1.29, 1.82) is 0 Å². The topological polar surface area (TPSA) is 170 Å². The number of anilines is 3. The van der Waals surface area contributed by atoms with E-state index in [0.29, 0.717) is 52.7 Å². The van der Waals surface area contributed by atoms with Gasteiger partial charge in [-0.3, -0.25) is 28.8 Å². The van der Waals surface area contributed by atoms with Gasteiger partial charge >= 0.3 is 12.1 Å². The lowest BCUT2D eigenvalue weighted by atomic mass is 9.97. The summed E-state index contributed by atoms with van der Waals surface area (Å²) in [5.74, 6) is -2.49. The van der Waals surface area contributed by atoms with Crippen molar-refractivity contribution in [2.75, 3.05) is 10.6 Å². The van der Waals surface area contributed by atoms with E-state index in [-0.39, 0.29) is 23.4 Å². The van der Waals surface area contributed by atoms with Crippen LogP contribution in [0.15, 0.2) is 78.5 Å². The van der Waals surface area contributed by atoms with Crippen molar-refractivity contribution >= 4 is 40.7 Å². The summed E-state index contributed by atoms with van der Waals surface area (Å²) in [4.78, 5) is 53.3. The first kappa shape index (κ1) is 34.7. The Bertz CT molecular complexity index is 2040. The molecule has 0 saturated heterocycles. The number of aliphatic carboxylic acids is 1. The third-order valence-corrected chi connectivity index (χ3v) is 7.89. The van der Waals surface area contributed by atoms with E-state index < -0.39 is 12.1 Å². The van der Waals surface area contributed by atoms with Crippen LogP contribution in [0.3, 0.4) is 0 Å². The Morgan fingerprint density at radius 2 is 1.82 bits per heavy atom. The van der Waals surface area contributed by atoms with Gasteiger partial charge in [-0.2, -0.15) is 18.3 Å². The smallest absolute Gasteiger partial charge is 0.475 e. The molecule has 1 aliphatic rings. The molecule has 5 heterocycles. The largest absolute Gasteiger partial charge is 0.490 e. The van der Waals surface area contributed by atoms with Gasteiger partial charge in [0, 0.05) is 59.5 Å². The Morgan fingerprint density at radius 1 is 1.04 bits per heavy atom. The highest BCUT2D eigenvalue weighted by Gasteiger charge is 2.38. The fourth-order valence-corrected chi connectivity index (χ4v) is 5.39. The molecule has 49 heavy (non-hydrogen) atoms. The molecule has 0 radical (unpaired) electrons.